The molecule has 1 N–H and O–H groups in total. The van der Waals surface area contributed by atoms with Crippen LogP contribution in [0.5, 0.6) is 0 Å². The molecule has 2 fully saturated rings. The number of amides is 3. The van der Waals surface area contributed by atoms with Gasteiger partial charge in [0.1, 0.15) is 0 Å². The number of aliphatic hydroxyl groups excluding tert-OH is 1. The van der Waals surface area contributed by atoms with Crippen molar-refractivity contribution in [2.45, 2.75) is 51.9 Å². The van der Waals surface area contributed by atoms with Crippen molar-refractivity contribution in [2.75, 3.05) is 29.4 Å². The second kappa shape index (κ2) is 9.00. The van der Waals surface area contributed by atoms with Crippen LogP contribution in [-0.2, 0) is 9.53 Å². The summed E-state index contributed by atoms with van der Waals surface area (Å²) in [6.45, 7) is 6.67. The summed E-state index contributed by atoms with van der Waals surface area (Å²) in [5.41, 5.74) is 3.70. The van der Waals surface area contributed by atoms with Crippen LogP contribution >= 0.6 is 0 Å². The minimum atomic E-state index is -0.437. The number of nitrogens with zero attached hydrogens (tertiary/aromatic N) is 3. The van der Waals surface area contributed by atoms with Crippen molar-refractivity contribution < 1.29 is 24.2 Å². The summed E-state index contributed by atoms with van der Waals surface area (Å²) in [5, 5.41) is 9.46. The SMILES string of the molecule is CC(C)OC(=O)N1C[C@H](C)N(C(=O)C2CC2)c2ccc(-c3ccc(C(=O)N4CC(O)C4)cc3)cc21. The molecular formula is C27H31N3O5. The minimum Gasteiger partial charge on any atom is -0.446 e. The van der Waals surface area contributed by atoms with E-state index in [9.17, 15) is 19.5 Å². The van der Waals surface area contributed by atoms with E-state index in [1.165, 1.54) is 0 Å². The van der Waals surface area contributed by atoms with Gasteiger partial charge in [-0.3, -0.25) is 14.5 Å². The Balaban J connectivity index is 1.47. The predicted octanol–water partition coefficient (Wildman–Crippen LogP) is 3.67. The minimum absolute atomic E-state index is 0.0664. The van der Waals surface area contributed by atoms with Crippen LogP contribution in [0.3, 0.4) is 0 Å². The van der Waals surface area contributed by atoms with Gasteiger partial charge in [0.15, 0.2) is 0 Å². The van der Waals surface area contributed by atoms with E-state index in [-0.39, 0.29) is 29.9 Å². The summed E-state index contributed by atoms with van der Waals surface area (Å²) in [6.07, 6.45) is 0.703. The third-order valence-corrected chi connectivity index (χ3v) is 6.75. The second-order valence-electron chi connectivity index (χ2n) is 10.0. The maximum atomic E-state index is 13.1. The molecule has 8 heteroatoms. The Hall–Kier alpha value is -3.39. The first-order valence-electron chi connectivity index (χ1n) is 12.3. The monoisotopic (exact) mass is 477 g/mol. The molecule has 0 bridgehead atoms. The lowest BCUT2D eigenvalue weighted by Gasteiger charge is -2.41. The number of ether oxygens (including phenoxy) is 1. The molecule has 3 aliphatic rings. The standard InChI is InChI=1S/C27H31N3O5/c1-16(2)35-27(34)29-13-17(3)30(26(33)20-8-9-20)23-11-10-21(12-24(23)29)18-4-6-19(7-5-18)25(32)28-14-22(31)15-28/h4-7,10-12,16-17,20,22,31H,8-9,13-15H2,1-3H3/t17-/m0/s1. The molecule has 0 spiro atoms. The highest BCUT2D eigenvalue weighted by molar-refractivity contribution is 6.05. The molecule has 1 saturated carbocycles. The van der Waals surface area contributed by atoms with E-state index in [1.807, 2.05) is 56.0 Å². The number of β-amino-alcohol motifs (C(OH)–C–C–N with tert-alkyl or cyclic N) is 1. The Labute approximate surface area is 205 Å². The van der Waals surface area contributed by atoms with E-state index in [0.717, 1.165) is 24.0 Å². The number of hydrogen-bond acceptors (Lipinski definition) is 5. The third-order valence-electron chi connectivity index (χ3n) is 6.75. The molecule has 1 aliphatic carbocycles. The summed E-state index contributed by atoms with van der Waals surface area (Å²) in [7, 11) is 0. The summed E-state index contributed by atoms with van der Waals surface area (Å²) < 4.78 is 5.51. The van der Waals surface area contributed by atoms with Crippen molar-refractivity contribution in [3.8, 4) is 11.1 Å². The van der Waals surface area contributed by atoms with Gasteiger partial charge in [0, 0.05) is 31.1 Å². The van der Waals surface area contributed by atoms with Crippen molar-refractivity contribution in [1.82, 2.24) is 4.90 Å². The number of fused-ring (bicyclic) bond motifs is 1. The zero-order valence-corrected chi connectivity index (χ0v) is 20.3. The molecule has 2 aromatic carbocycles. The smallest absolute Gasteiger partial charge is 0.414 e. The summed E-state index contributed by atoms with van der Waals surface area (Å²) in [4.78, 5) is 43.7. The molecule has 1 saturated heterocycles. The van der Waals surface area contributed by atoms with E-state index < -0.39 is 12.2 Å². The molecule has 8 nitrogen and oxygen atoms in total. The highest BCUT2D eigenvalue weighted by Gasteiger charge is 2.41. The maximum Gasteiger partial charge on any atom is 0.414 e. The van der Waals surface area contributed by atoms with Gasteiger partial charge >= 0.3 is 6.09 Å². The molecule has 2 heterocycles. The molecule has 5 rings (SSSR count). The average Bonchev–Trinajstić information content (AvgIpc) is 3.66. The van der Waals surface area contributed by atoms with Crippen LogP contribution in [0.1, 0.15) is 44.0 Å². The van der Waals surface area contributed by atoms with Gasteiger partial charge in [0.2, 0.25) is 5.91 Å². The Morgan fingerprint density at radius 3 is 2.20 bits per heavy atom. The summed E-state index contributed by atoms with van der Waals surface area (Å²) in [5.74, 6) is 0.0808. The number of rotatable bonds is 4. The second-order valence-corrected chi connectivity index (χ2v) is 10.0. The van der Waals surface area contributed by atoms with Crippen molar-refractivity contribution in [2.24, 2.45) is 5.92 Å². The van der Waals surface area contributed by atoms with Crippen molar-refractivity contribution >= 4 is 29.3 Å². The Morgan fingerprint density at radius 2 is 1.60 bits per heavy atom. The van der Waals surface area contributed by atoms with Crippen LogP contribution in [-0.4, -0.2) is 65.8 Å². The topological polar surface area (TPSA) is 90.4 Å². The van der Waals surface area contributed by atoms with E-state index >= 15 is 0 Å². The van der Waals surface area contributed by atoms with Crippen LogP contribution in [0.2, 0.25) is 0 Å². The van der Waals surface area contributed by atoms with Gasteiger partial charge < -0.3 is 19.6 Å². The highest BCUT2D eigenvalue weighted by Crippen LogP contribution is 2.42. The van der Waals surface area contributed by atoms with Gasteiger partial charge in [-0.15, -0.1) is 0 Å². The fourth-order valence-electron chi connectivity index (χ4n) is 4.71. The normalized spacial score (nSPS) is 19.9. The van der Waals surface area contributed by atoms with Gasteiger partial charge in [0.05, 0.1) is 29.6 Å². The van der Waals surface area contributed by atoms with Crippen LogP contribution in [0.4, 0.5) is 16.2 Å². The lowest BCUT2D eigenvalue weighted by Crippen LogP contribution is -2.53. The van der Waals surface area contributed by atoms with E-state index in [1.54, 1.807) is 21.9 Å². The van der Waals surface area contributed by atoms with Crippen LogP contribution in [0.25, 0.3) is 11.1 Å². The van der Waals surface area contributed by atoms with Gasteiger partial charge in [0.25, 0.3) is 5.91 Å². The molecule has 184 valence electrons. The first-order valence-corrected chi connectivity index (χ1v) is 12.3. The molecule has 2 aliphatic heterocycles. The maximum absolute atomic E-state index is 13.1. The van der Waals surface area contributed by atoms with E-state index in [0.29, 0.717) is 36.6 Å². The Morgan fingerprint density at radius 1 is 0.943 bits per heavy atom. The van der Waals surface area contributed by atoms with Crippen molar-refractivity contribution in [3.63, 3.8) is 0 Å². The predicted molar refractivity (Wildman–Crippen MR) is 132 cm³/mol. The lowest BCUT2D eigenvalue weighted by molar-refractivity contribution is -0.120. The first kappa shape index (κ1) is 23.4. The number of likely N-dealkylation sites (tertiary alicyclic amines) is 1. The zero-order valence-electron chi connectivity index (χ0n) is 20.3. The number of hydrogen-bond donors (Lipinski definition) is 1. The molecule has 2 aromatic rings. The van der Waals surface area contributed by atoms with Gasteiger partial charge in [-0.05, 0) is 69.0 Å². The van der Waals surface area contributed by atoms with Crippen LogP contribution in [0, 0.1) is 5.92 Å². The summed E-state index contributed by atoms with van der Waals surface area (Å²) >= 11 is 0. The number of anilines is 2. The number of aliphatic hydroxyl groups is 1. The molecular weight excluding hydrogens is 446 g/mol. The zero-order chi connectivity index (χ0) is 24.9. The number of carbonyl (C=O) groups is 3. The van der Waals surface area contributed by atoms with Crippen molar-refractivity contribution in [1.29, 1.82) is 0 Å². The van der Waals surface area contributed by atoms with Gasteiger partial charge in [-0.25, -0.2) is 4.79 Å². The quantitative estimate of drug-likeness (QED) is 0.726. The fraction of sp³-hybridized carbons (Fsp3) is 0.444. The van der Waals surface area contributed by atoms with E-state index in [4.69, 9.17) is 4.74 Å². The molecule has 3 amide bonds. The molecule has 0 aromatic heterocycles. The molecule has 1 atom stereocenters. The summed E-state index contributed by atoms with van der Waals surface area (Å²) in [6, 6.07) is 12.9. The van der Waals surface area contributed by atoms with Crippen LogP contribution in [0.15, 0.2) is 42.5 Å². The number of benzene rings is 2. The van der Waals surface area contributed by atoms with Gasteiger partial charge in [-0.1, -0.05) is 18.2 Å². The Bertz CT molecular complexity index is 1150. The van der Waals surface area contributed by atoms with Crippen LogP contribution < -0.4 is 9.80 Å². The Kier molecular flexibility index (Phi) is 6.01. The molecule has 35 heavy (non-hydrogen) atoms. The number of carbonyl (C=O) groups excluding carboxylic acids is 3. The van der Waals surface area contributed by atoms with Gasteiger partial charge in [-0.2, -0.15) is 0 Å². The lowest BCUT2D eigenvalue weighted by atomic mass is 9.99. The molecule has 0 radical (unpaired) electrons. The largest absolute Gasteiger partial charge is 0.446 e. The molecule has 0 unspecified atom stereocenters. The third kappa shape index (κ3) is 4.50. The fourth-order valence-corrected chi connectivity index (χ4v) is 4.71. The average molecular weight is 478 g/mol. The van der Waals surface area contributed by atoms with Crippen molar-refractivity contribution in [3.05, 3.63) is 48.0 Å². The van der Waals surface area contributed by atoms with E-state index in [2.05, 4.69) is 0 Å². The first-order chi connectivity index (χ1) is 16.7. The highest BCUT2D eigenvalue weighted by atomic mass is 16.6.